The van der Waals surface area contributed by atoms with Gasteiger partial charge in [-0.3, -0.25) is 4.79 Å². The summed E-state index contributed by atoms with van der Waals surface area (Å²) >= 11 is 0. The first-order valence-corrected chi connectivity index (χ1v) is 10.6. The van der Waals surface area contributed by atoms with Gasteiger partial charge in [-0.25, -0.2) is 4.79 Å². The maximum atomic E-state index is 12.9. The molecule has 2 atom stereocenters. The van der Waals surface area contributed by atoms with Crippen LogP contribution < -0.4 is 15.4 Å². The van der Waals surface area contributed by atoms with E-state index in [4.69, 9.17) is 9.47 Å². The monoisotopic (exact) mass is 422 g/mol. The first-order chi connectivity index (χ1) is 15.1. The molecule has 164 valence electrons. The average molecular weight is 423 g/mol. The van der Waals surface area contributed by atoms with E-state index in [0.717, 1.165) is 24.8 Å². The van der Waals surface area contributed by atoms with Crippen LogP contribution in [0, 0.1) is 0 Å². The van der Waals surface area contributed by atoms with Crippen molar-refractivity contribution in [1.82, 2.24) is 10.6 Å². The normalized spacial score (nSPS) is 20.4. The van der Waals surface area contributed by atoms with Gasteiger partial charge in [0, 0.05) is 18.5 Å². The summed E-state index contributed by atoms with van der Waals surface area (Å²) in [6.45, 7) is 4.41. The summed E-state index contributed by atoms with van der Waals surface area (Å²) in [7, 11) is 1.55. The number of para-hydroxylation sites is 1. The highest BCUT2D eigenvalue weighted by Crippen LogP contribution is 2.40. The van der Waals surface area contributed by atoms with E-state index in [1.165, 1.54) is 0 Å². The molecule has 3 rings (SSSR count). The zero-order valence-electron chi connectivity index (χ0n) is 17.9. The maximum absolute atomic E-state index is 12.9. The molecule has 1 unspecified atom stereocenters. The number of hydrogen-bond donors (Lipinski definition) is 2. The predicted molar refractivity (Wildman–Crippen MR) is 120 cm³/mol. The SMILES string of the molecule is C=CCNC(=O)O[C@H]1CCCC(CNC(=O)c2ccccc2OC)(c2ccccc2)C1. The number of benzene rings is 2. The van der Waals surface area contributed by atoms with Crippen molar-refractivity contribution in [2.24, 2.45) is 0 Å². The molecule has 31 heavy (non-hydrogen) atoms. The smallest absolute Gasteiger partial charge is 0.407 e. The van der Waals surface area contributed by atoms with E-state index >= 15 is 0 Å². The molecule has 0 saturated heterocycles. The molecule has 1 fully saturated rings. The molecule has 0 bridgehead atoms. The molecule has 2 N–H and O–H groups in total. The first-order valence-electron chi connectivity index (χ1n) is 10.6. The largest absolute Gasteiger partial charge is 0.496 e. The van der Waals surface area contributed by atoms with Crippen LogP contribution in [0.4, 0.5) is 4.79 Å². The molecule has 6 heteroatoms. The van der Waals surface area contributed by atoms with Crippen molar-refractivity contribution in [3.05, 3.63) is 78.4 Å². The lowest BCUT2D eigenvalue weighted by Gasteiger charge is -2.41. The number of alkyl carbamates (subject to hydrolysis) is 1. The van der Waals surface area contributed by atoms with Gasteiger partial charge in [0.25, 0.3) is 5.91 Å². The van der Waals surface area contributed by atoms with Crippen molar-refractivity contribution in [3.8, 4) is 5.75 Å². The second kappa shape index (κ2) is 10.7. The van der Waals surface area contributed by atoms with Gasteiger partial charge in [0.2, 0.25) is 0 Å². The molecule has 2 aromatic carbocycles. The van der Waals surface area contributed by atoms with E-state index in [-0.39, 0.29) is 17.4 Å². The van der Waals surface area contributed by atoms with E-state index in [2.05, 4.69) is 29.3 Å². The molecule has 1 saturated carbocycles. The molecular formula is C25H30N2O4. The highest BCUT2D eigenvalue weighted by molar-refractivity contribution is 5.97. The van der Waals surface area contributed by atoms with E-state index in [9.17, 15) is 9.59 Å². The summed E-state index contributed by atoms with van der Waals surface area (Å²) in [5, 5.41) is 5.77. The Morgan fingerprint density at radius 1 is 1.13 bits per heavy atom. The number of nitrogens with one attached hydrogen (secondary N) is 2. The summed E-state index contributed by atoms with van der Waals surface area (Å²) in [6.07, 6.45) is 4.20. The molecule has 1 aliphatic carbocycles. The van der Waals surface area contributed by atoms with Gasteiger partial charge in [0.05, 0.1) is 12.7 Å². The molecule has 0 spiro atoms. The lowest BCUT2D eigenvalue weighted by molar-refractivity contribution is 0.0491. The number of hydrogen-bond acceptors (Lipinski definition) is 4. The van der Waals surface area contributed by atoms with E-state index in [0.29, 0.717) is 30.8 Å². The van der Waals surface area contributed by atoms with Crippen LogP contribution in [0.15, 0.2) is 67.3 Å². The van der Waals surface area contributed by atoms with Crippen LogP contribution >= 0.6 is 0 Å². The number of carbonyl (C=O) groups is 2. The van der Waals surface area contributed by atoms with Crippen LogP contribution in [0.25, 0.3) is 0 Å². The van der Waals surface area contributed by atoms with Crippen LogP contribution in [0.5, 0.6) is 5.75 Å². The zero-order chi connectivity index (χ0) is 22.1. The number of amides is 2. The molecular weight excluding hydrogens is 392 g/mol. The van der Waals surface area contributed by atoms with Gasteiger partial charge in [-0.15, -0.1) is 6.58 Å². The molecule has 1 aliphatic rings. The van der Waals surface area contributed by atoms with Crippen molar-refractivity contribution in [3.63, 3.8) is 0 Å². The fraction of sp³-hybridized carbons (Fsp3) is 0.360. The zero-order valence-corrected chi connectivity index (χ0v) is 17.9. The quantitative estimate of drug-likeness (QED) is 0.625. The van der Waals surface area contributed by atoms with Crippen LogP contribution in [0.2, 0.25) is 0 Å². The highest BCUT2D eigenvalue weighted by atomic mass is 16.6. The van der Waals surface area contributed by atoms with Crippen molar-refractivity contribution >= 4 is 12.0 Å². The molecule has 0 heterocycles. The van der Waals surface area contributed by atoms with Gasteiger partial charge < -0.3 is 20.1 Å². The topological polar surface area (TPSA) is 76.7 Å². The van der Waals surface area contributed by atoms with Gasteiger partial charge in [-0.1, -0.05) is 48.5 Å². The number of rotatable bonds is 8. The third kappa shape index (κ3) is 5.66. The Bertz CT molecular complexity index is 899. The van der Waals surface area contributed by atoms with Crippen molar-refractivity contribution in [2.75, 3.05) is 20.2 Å². The molecule has 2 aromatic rings. The second-order valence-corrected chi connectivity index (χ2v) is 7.82. The minimum Gasteiger partial charge on any atom is -0.496 e. The molecule has 0 radical (unpaired) electrons. The van der Waals surface area contributed by atoms with Crippen LogP contribution in [0.1, 0.15) is 41.6 Å². The predicted octanol–water partition coefficient (Wildman–Crippen LogP) is 4.22. The second-order valence-electron chi connectivity index (χ2n) is 7.82. The first kappa shape index (κ1) is 22.4. The minimum atomic E-state index is -0.438. The number of methoxy groups -OCH3 is 1. The lowest BCUT2D eigenvalue weighted by atomic mass is 9.68. The van der Waals surface area contributed by atoms with Gasteiger partial charge in [-0.05, 0) is 43.4 Å². The van der Waals surface area contributed by atoms with E-state index in [1.54, 1.807) is 25.3 Å². The Hall–Kier alpha value is -3.28. The Morgan fingerprint density at radius 2 is 1.87 bits per heavy atom. The standard InChI is InChI=1S/C25H30N2O4/c1-3-16-26-24(29)31-20-12-9-15-25(17-20,19-10-5-4-6-11-19)18-27-23(28)21-13-7-8-14-22(21)30-2/h3-8,10-11,13-14,20H,1,9,12,15-18H2,2H3,(H,26,29)(H,27,28)/t20-,25?/m0/s1. The van der Waals surface area contributed by atoms with Gasteiger partial charge in [0.1, 0.15) is 11.9 Å². The Kier molecular flexibility index (Phi) is 7.70. The summed E-state index contributed by atoms with van der Waals surface area (Å²) in [6, 6.07) is 17.3. The van der Waals surface area contributed by atoms with Crippen molar-refractivity contribution in [1.29, 1.82) is 0 Å². The van der Waals surface area contributed by atoms with Crippen LogP contribution in [-0.4, -0.2) is 38.3 Å². The van der Waals surface area contributed by atoms with Gasteiger partial charge >= 0.3 is 6.09 Å². The third-order valence-corrected chi connectivity index (χ3v) is 5.79. The summed E-state index contributed by atoms with van der Waals surface area (Å²) in [5.74, 6) is 0.358. The average Bonchev–Trinajstić information content (AvgIpc) is 2.82. The molecule has 2 amide bonds. The fourth-order valence-corrected chi connectivity index (χ4v) is 4.25. The Labute approximate surface area is 183 Å². The van der Waals surface area contributed by atoms with E-state index in [1.807, 2.05) is 30.3 Å². The third-order valence-electron chi connectivity index (χ3n) is 5.79. The van der Waals surface area contributed by atoms with Gasteiger partial charge in [0.15, 0.2) is 0 Å². The number of ether oxygens (including phenoxy) is 2. The summed E-state index contributed by atoms with van der Waals surface area (Å²) in [4.78, 5) is 25.0. The maximum Gasteiger partial charge on any atom is 0.407 e. The summed E-state index contributed by atoms with van der Waals surface area (Å²) < 4.78 is 11.0. The lowest BCUT2D eigenvalue weighted by Crippen LogP contribution is -2.46. The minimum absolute atomic E-state index is 0.181. The van der Waals surface area contributed by atoms with Crippen LogP contribution in [-0.2, 0) is 10.2 Å². The number of carbonyl (C=O) groups excluding carboxylic acids is 2. The van der Waals surface area contributed by atoms with Crippen molar-refractivity contribution < 1.29 is 19.1 Å². The molecule has 0 aliphatic heterocycles. The van der Waals surface area contributed by atoms with Gasteiger partial charge in [-0.2, -0.15) is 0 Å². The Balaban J connectivity index is 1.77. The summed E-state index contributed by atoms with van der Waals surface area (Å²) in [5.41, 5.74) is 1.32. The van der Waals surface area contributed by atoms with Crippen molar-refractivity contribution in [2.45, 2.75) is 37.2 Å². The highest BCUT2D eigenvalue weighted by Gasteiger charge is 2.39. The Morgan fingerprint density at radius 3 is 2.61 bits per heavy atom. The molecule has 0 aromatic heterocycles. The van der Waals surface area contributed by atoms with E-state index < -0.39 is 6.09 Å². The van der Waals surface area contributed by atoms with Crippen LogP contribution in [0.3, 0.4) is 0 Å². The molecule has 6 nitrogen and oxygen atoms in total. The fourth-order valence-electron chi connectivity index (χ4n) is 4.25.